The summed E-state index contributed by atoms with van der Waals surface area (Å²) in [6.07, 6.45) is 10.8. The van der Waals surface area contributed by atoms with E-state index in [1.54, 1.807) is 0 Å². The Bertz CT molecular complexity index is 634. The Kier molecular flexibility index (Phi) is 1.90. The summed E-state index contributed by atoms with van der Waals surface area (Å²) in [5, 5.41) is 0. The fraction of sp³-hybridized carbons (Fsp3) is 0.188. The highest BCUT2D eigenvalue weighted by Gasteiger charge is 2.38. The van der Waals surface area contributed by atoms with Crippen LogP contribution in [-0.2, 0) is 0 Å². The quantitative estimate of drug-likeness (QED) is 0.673. The van der Waals surface area contributed by atoms with Gasteiger partial charge in [0.1, 0.15) is 0 Å². The van der Waals surface area contributed by atoms with Crippen molar-refractivity contribution in [1.29, 1.82) is 0 Å². The van der Waals surface area contributed by atoms with Gasteiger partial charge in [0.2, 0.25) is 0 Å². The van der Waals surface area contributed by atoms with E-state index in [4.69, 9.17) is 4.99 Å². The first-order chi connectivity index (χ1) is 8.84. The predicted octanol–water partition coefficient (Wildman–Crippen LogP) is 3.04. The zero-order chi connectivity index (χ0) is 12.1. The molecule has 4 rings (SSSR count). The lowest BCUT2D eigenvalue weighted by atomic mass is 9.88. The van der Waals surface area contributed by atoms with Crippen molar-refractivity contribution < 1.29 is 0 Å². The van der Waals surface area contributed by atoms with Gasteiger partial charge in [-0.1, -0.05) is 36.4 Å². The van der Waals surface area contributed by atoms with Crippen LogP contribution in [-0.4, -0.2) is 18.8 Å². The molecule has 3 aliphatic rings. The normalized spacial score (nSPS) is 27.3. The molecule has 2 unspecified atom stereocenters. The number of allylic oxidation sites excluding steroid dienone is 3. The molecule has 0 aromatic heterocycles. The summed E-state index contributed by atoms with van der Waals surface area (Å²) in [6.45, 7) is 0. The minimum atomic E-state index is 0.357. The lowest BCUT2D eigenvalue weighted by molar-refractivity contribution is 0.667. The third kappa shape index (κ3) is 1.20. The summed E-state index contributed by atoms with van der Waals surface area (Å²) in [5.74, 6) is 0.402. The molecule has 0 spiro atoms. The van der Waals surface area contributed by atoms with Gasteiger partial charge in [0.05, 0.1) is 17.5 Å². The third-order valence-corrected chi connectivity index (χ3v) is 3.98. The van der Waals surface area contributed by atoms with Gasteiger partial charge in [0.25, 0.3) is 0 Å². The van der Waals surface area contributed by atoms with Gasteiger partial charge >= 0.3 is 0 Å². The second kappa shape index (κ2) is 3.45. The van der Waals surface area contributed by atoms with Crippen LogP contribution in [0, 0.1) is 5.92 Å². The largest absolute Gasteiger partial charge is 0.364 e. The van der Waals surface area contributed by atoms with Crippen molar-refractivity contribution >= 4 is 17.5 Å². The van der Waals surface area contributed by atoms with E-state index >= 15 is 0 Å². The summed E-state index contributed by atoms with van der Waals surface area (Å²) in [4.78, 5) is 7.14. The molecule has 2 aliphatic heterocycles. The molecule has 2 heteroatoms. The number of hydrogen-bond acceptors (Lipinski definition) is 2. The third-order valence-electron chi connectivity index (χ3n) is 3.98. The van der Waals surface area contributed by atoms with Crippen molar-refractivity contribution in [2.24, 2.45) is 10.9 Å². The van der Waals surface area contributed by atoms with Crippen molar-refractivity contribution in [2.45, 2.75) is 6.04 Å². The zero-order valence-electron chi connectivity index (χ0n) is 10.2. The van der Waals surface area contributed by atoms with Crippen molar-refractivity contribution in [3.8, 4) is 0 Å². The van der Waals surface area contributed by atoms with Crippen LogP contribution in [0.1, 0.15) is 5.56 Å². The molecule has 1 aliphatic carbocycles. The van der Waals surface area contributed by atoms with E-state index in [-0.39, 0.29) is 0 Å². The number of benzene rings is 1. The van der Waals surface area contributed by atoms with E-state index < -0.39 is 0 Å². The van der Waals surface area contributed by atoms with Gasteiger partial charge in [-0.2, -0.15) is 0 Å². The number of anilines is 1. The Hall–Kier alpha value is -2.09. The first-order valence-corrected chi connectivity index (χ1v) is 6.31. The highest BCUT2D eigenvalue weighted by Crippen LogP contribution is 2.40. The van der Waals surface area contributed by atoms with Gasteiger partial charge in [0.15, 0.2) is 0 Å². The van der Waals surface area contributed by atoms with E-state index in [1.165, 1.54) is 22.7 Å². The van der Waals surface area contributed by atoms with E-state index in [0.29, 0.717) is 12.0 Å². The van der Waals surface area contributed by atoms with Crippen molar-refractivity contribution in [1.82, 2.24) is 0 Å². The van der Waals surface area contributed by atoms with Gasteiger partial charge in [-0.05, 0) is 23.8 Å². The molecule has 2 atom stereocenters. The molecule has 0 saturated carbocycles. The molecule has 18 heavy (non-hydrogen) atoms. The Balaban J connectivity index is 1.89. The number of hydrogen-bond donors (Lipinski definition) is 0. The van der Waals surface area contributed by atoms with Crippen molar-refractivity contribution in [3.05, 3.63) is 59.8 Å². The number of likely N-dealkylation sites (N-methyl/N-ethyl adjacent to an activating group) is 1. The van der Waals surface area contributed by atoms with Gasteiger partial charge in [0, 0.05) is 18.7 Å². The molecule has 0 saturated heterocycles. The van der Waals surface area contributed by atoms with E-state index in [2.05, 4.69) is 66.6 Å². The van der Waals surface area contributed by atoms with Crippen LogP contribution in [0.5, 0.6) is 0 Å². The first-order valence-electron chi connectivity index (χ1n) is 6.31. The van der Waals surface area contributed by atoms with Gasteiger partial charge in [-0.15, -0.1) is 0 Å². The van der Waals surface area contributed by atoms with Crippen LogP contribution in [0.4, 0.5) is 5.69 Å². The summed E-state index contributed by atoms with van der Waals surface area (Å²) in [7, 11) is 2.17. The fourth-order valence-corrected chi connectivity index (χ4v) is 3.12. The molecular weight excluding hydrogens is 220 g/mol. The number of rotatable bonds is 0. The maximum atomic E-state index is 4.78. The van der Waals surface area contributed by atoms with Crippen molar-refractivity contribution in [2.75, 3.05) is 11.9 Å². The van der Waals surface area contributed by atoms with Crippen LogP contribution >= 0.6 is 0 Å². The number of nitrogens with zero attached hydrogens (tertiary/aromatic N) is 2. The predicted molar refractivity (Wildman–Crippen MR) is 75.8 cm³/mol. The number of aliphatic imine (C=N–C) groups is 1. The summed E-state index contributed by atoms with van der Waals surface area (Å²) in [5.41, 5.74) is 4.94. The molecular formula is C16H14N2. The lowest BCUT2D eigenvalue weighted by Gasteiger charge is -2.35. The van der Waals surface area contributed by atoms with Crippen LogP contribution < -0.4 is 4.90 Å². The van der Waals surface area contributed by atoms with Gasteiger partial charge < -0.3 is 4.90 Å². The maximum absolute atomic E-state index is 4.78. The maximum Gasteiger partial charge on any atom is 0.0829 e. The second-order valence-electron chi connectivity index (χ2n) is 4.99. The lowest BCUT2D eigenvalue weighted by Crippen LogP contribution is -2.40. The molecule has 88 valence electrons. The Labute approximate surface area is 107 Å². The molecule has 0 amide bonds. The standard InChI is InChI=1S/C16H14N2/c1-18-15-9-5-2-6-11(15)10-14-16(18)12-7-3-4-8-13(12)17-14/h2-10,12,16H,1H3. The summed E-state index contributed by atoms with van der Waals surface area (Å²) in [6, 6.07) is 8.88. The minimum Gasteiger partial charge on any atom is -0.364 e. The van der Waals surface area contributed by atoms with Crippen LogP contribution in [0.2, 0.25) is 0 Å². The highest BCUT2D eigenvalue weighted by molar-refractivity contribution is 6.04. The summed E-state index contributed by atoms with van der Waals surface area (Å²) < 4.78 is 0. The zero-order valence-corrected chi connectivity index (χ0v) is 10.2. The van der Waals surface area contributed by atoms with E-state index in [0.717, 1.165) is 0 Å². The van der Waals surface area contributed by atoms with Crippen molar-refractivity contribution in [3.63, 3.8) is 0 Å². The molecule has 0 radical (unpaired) electrons. The van der Waals surface area contributed by atoms with Gasteiger partial charge in [-0.3, -0.25) is 4.99 Å². The topological polar surface area (TPSA) is 15.6 Å². The van der Waals surface area contributed by atoms with Crippen LogP contribution in [0.25, 0.3) is 6.08 Å². The smallest absolute Gasteiger partial charge is 0.0829 e. The summed E-state index contributed by atoms with van der Waals surface area (Å²) >= 11 is 0. The van der Waals surface area contributed by atoms with Crippen LogP contribution in [0.3, 0.4) is 0 Å². The number of fused-ring (bicyclic) bond motifs is 4. The van der Waals surface area contributed by atoms with Crippen LogP contribution in [0.15, 0.2) is 59.3 Å². The molecule has 2 heterocycles. The number of para-hydroxylation sites is 1. The molecule has 1 aromatic carbocycles. The molecule has 1 aromatic rings. The molecule has 2 nitrogen and oxygen atoms in total. The Morgan fingerprint density at radius 3 is 3.00 bits per heavy atom. The van der Waals surface area contributed by atoms with Gasteiger partial charge in [-0.25, -0.2) is 0 Å². The minimum absolute atomic E-state index is 0.357. The molecule has 0 N–H and O–H groups in total. The monoisotopic (exact) mass is 234 g/mol. The molecule has 0 bridgehead atoms. The molecule has 0 fully saturated rings. The fourth-order valence-electron chi connectivity index (χ4n) is 3.12. The second-order valence-corrected chi connectivity index (χ2v) is 4.99. The SMILES string of the molecule is CN1c2ccccc2C=C2N=C3C=CC=CC3C21. The highest BCUT2D eigenvalue weighted by atomic mass is 15.2. The average Bonchev–Trinajstić information content (AvgIpc) is 2.77. The average molecular weight is 234 g/mol. The van der Waals surface area contributed by atoms with E-state index in [9.17, 15) is 0 Å². The first kappa shape index (κ1) is 9.89. The van der Waals surface area contributed by atoms with E-state index in [1.807, 2.05) is 0 Å². The Morgan fingerprint density at radius 1 is 1.17 bits per heavy atom. The Morgan fingerprint density at radius 2 is 2.06 bits per heavy atom.